The number of Topliss-reactive ketones (excluding diaryl/α,β-unsaturated/α-hetero) is 1. The SMILES string of the molecule is CCCCC[C@H](O)/C=C/[C@H]1C(=O)C[C@H](O)[C@@H]1C/C=C\CCCC(=O)OC[C@H](CO)OC(C)=O. The van der Waals surface area contributed by atoms with Crippen molar-refractivity contribution in [2.24, 2.45) is 11.8 Å². The van der Waals surface area contributed by atoms with Crippen molar-refractivity contribution in [3.05, 3.63) is 24.3 Å². The molecule has 0 unspecified atom stereocenters. The molecule has 0 radical (unpaired) electrons. The first-order valence-corrected chi connectivity index (χ1v) is 11.9. The van der Waals surface area contributed by atoms with E-state index in [1.165, 1.54) is 6.92 Å². The molecule has 0 amide bonds. The second-order valence-corrected chi connectivity index (χ2v) is 8.57. The second-order valence-electron chi connectivity index (χ2n) is 8.57. The summed E-state index contributed by atoms with van der Waals surface area (Å²) < 4.78 is 9.79. The first kappa shape index (κ1) is 29.0. The van der Waals surface area contributed by atoms with Gasteiger partial charge in [-0.05, 0) is 25.7 Å². The first-order chi connectivity index (χ1) is 15.8. The molecule has 0 heterocycles. The lowest BCUT2D eigenvalue weighted by molar-refractivity contribution is -0.159. The van der Waals surface area contributed by atoms with Gasteiger partial charge in [-0.15, -0.1) is 0 Å². The summed E-state index contributed by atoms with van der Waals surface area (Å²) in [5.74, 6) is -1.60. The highest BCUT2D eigenvalue weighted by atomic mass is 16.6. The number of esters is 2. The summed E-state index contributed by atoms with van der Waals surface area (Å²) in [6, 6.07) is 0. The number of ether oxygens (including phenoxy) is 2. The Bertz CT molecular complexity index is 657. The predicted molar refractivity (Wildman–Crippen MR) is 123 cm³/mol. The third kappa shape index (κ3) is 12.1. The number of aliphatic hydroxyl groups is 3. The van der Waals surface area contributed by atoms with Gasteiger partial charge in [-0.1, -0.05) is 50.5 Å². The van der Waals surface area contributed by atoms with Gasteiger partial charge in [-0.25, -0.2) is 0 Å². The van der Waals surface area contributed by atoms with E-state index in [0.717, 1.165) is 19.3 Å². The summed E-state index contributed by atoms with van der Waals surface area (Å²) in [5, 5.41) is 29.4. The highest BCUT2D eigenvalue weighted by Gasteiger charge is 2.39. The van der Waals surface area contributed by atoms with Gasteiger partial charge >= 0.3 is 11.9 Å². The van der Waals surface area contributed by atoms with Gasteiger partial charge < -0.3 is 24.8 Å². The maximum Gasteiger partial charge on any atom is 0.305 e. The molecule has 0 aromatic carbocycles. The van der Waals surface area contributed by atoms with Crippen molar-refractivity contribution in [1.29, 1.82) is 0 Å². The number of ketones is 1. The average molecular weight is 469 g/mol. The maximum atomic E-state index is 12.3. The Labute approximate surface area is 196 Å². The van der Waals surface area contributed by atoms with Crippen LogP contribution in [0.5, 0.6) is 0 Å². The number of hydrogen-bond acceptors (Lipinski definition) is 8. The minimum absolute atomic E-state index is 0.00408. The number of rotatable bonds is 16. The fourth-order valence-corrected chi connectivity index (χ4v) is 3.83. The van der Waals surface area contributed by atoms with E-state index >= 15 is 0 Å². The van der Waals surface area contributed by atoms with Gasteiger partial charge in [-0.3, -0.25) is 14.4 Å². The quantitative estimate of drug-likeness (QED) is 0.179. The van der Waals surface area contributed by atoms with Crippen LogP contribution in [0, 0.1) is 11.8 Å². The normalized spacial score (nSPS) is 22.7. The molecule has 1 rings (SSSR count). The van der Waals surface area contributed by atoms with Crippen LogP contribution in [0.4, 0.5) is 0 Å². The van der Waals surface area contributed by atoms with Crippen LogP contribution in [0.3, 0.4) is 0 Å². The van der Waals surface area contributed by atoms with Gasteiger partial charge in [-0.2, -0.15) is 0 Å². The molecular formula is C25H40O8. The topological polar surface area (TPSA) is 130 Å². The Kier molecular flexibility index (Phi) is 14.6. The summed E-state index contributed by atoms with van der Waals surface area (Å²) in [6.45, 7) is 2.72. The molecule has 3 N–H and O–H groups in total. The van der Waals surface area contributed by atoms with Crippen LogP contribution in [-0.2, 0) is 23.9 Å². The van der Waals surface area contributed by atoms with E-state index in [2.05, 4.69) is 6.92 Å². The lowest BCUT2D eigenvalue weighted by atomic mass is 9.90. The minimum atomic E-state index is -0.855. The van der Waals surface area contributed by atoms with E-state index in [1.807, 2.05) is 12.2 Å². The van der Waals surface area contributed by atoms with Crippen LogP contribution in [-0.4, -0.2) is 64.6 Å². The van der Waals surface area contributed by atoms with Crippen molar-refractivity contribution in [2.45, 2.75) is 89.9 Å². The second kappa shape index (κ2) is 16.6. The Morgan fingerprint density at radius 3 is 2.64 bits per heavy atom. The molecule has 1 aliphatic carbocycles. The fourth-order valence-electron chi connectivity index (χ4n) is 3.83. The third-order valence-corrected chi connectivity index (χ3v) is 5.67. The zero-order valence-electron chi connectivity index (χ0n) is 19.9. The van der Waals surface area contributed by atoms with Crippen LogP contribution in [0.1, 0.15) is 71.6 Å². The van der Waals surface area contributed by atoms with E-state index in [9.17, 15) is 24.6 Å². The number of unbranched alkanes of at least 4 members (excludes halogenated alkanes) is 3. The van der Waals surface area contributed by atoms with Gasteiger partial charge in [0.15, 0.2) is 6.10 Å². The van der Waals surface area contributed by atoms with E-state index < -0.39 is 42.8 Å². The standard InChI is InChI=1S/C25H40O8/c1-3-4-7-10-19(28)13-14-22-21(23(29)15-24(22)30)11-8-5-6-9-12-25(31)32-17-20(16-26)33-18(2)27/h5,8,13-14,19-23,26,28-29H,3-4,6-7,9-12,15-17H2,1-2H3/b8-5-,14-13+/t19-,20-,21+,22+,23-/m0/s1. The molecule has 8 nitrogen and oxygen atoms in total. The molecule has 1 aliphatic rings. The fraction of sp³-hybridized carbons (Fsp3) is 0.720. The van der Waals surface area contributed by atoms with E-state index in [-0.39, 0.29) is 31.1 Å². The molecule has 1 fully saturated rings. The lowest BCUT2D eigenvalue weighted by Gasteiger charge is -2.17. The predicted octanol–water partition coefficient (Wildman–Crippen LogP) is 2.63. The Morgan fingerprint density at radius 1 is 1.21 bits per heavy atom. The molecule has 5 atom stereocenters. The van der Waals surface area contributed by atoms with Gasteiger partial charge in [0, 0.05) is 31.6 Å². The number of aliphatic hydroxyl groups excluding tert-OH is 3. The van der Waals surface area contributed by atoms with Crippen molar-refractivity contribution in [1.82, 2.24) is 0 Å². The first-order valence-electron chi connectivity index (χ1n) is 11.9. The monoisotopic (exact) mass is 468 g/mol. The number of hydrogen-bond donors (Lipinski definition) is 3. The summed E-state index contributed by atoms with van der Waals surface area (Å²) in [5.41, 5.74) is 0. The highest BCUT2D eigenvalue weighted by molar-refractivity contribution is 5.86. The van der Waals surface area contributed by atoms with Gasteiger partial charge in [0.1, 0.15) is 12.4 Å². The molecular weight excluding hydrogens is 428 g/mol. The molecule has 0 aromatic rings. The molecule has 1 saturated carbocycles. The van der Waals surface area contributed by atoms with Gasteiger partial charge in [0.2, 0.25) is 0 Å². The maximum absolute atomic E-state index is 12.3. The Morgan fingerprint density at radius 2 is 1.97 bits per heavy atom. The lowest BCUT2D eigenvalue weighted by Crippen LogP contribution is -2.27. The van der Waals surface area contributed by atoms with E-state index in [0.29, 0.717) is 25.7 Å². The van der Waals surface area contributed by atoms with Crippen molar-refractivity contribution in [3.63, 3.8) is 0 Å². The zero-order chi connectivity index (χ0) is 24.6. The van der Waals surface area contributed by atoms with Gasteiger partial charge in [0.25, 0.3) is 0 Å². The molecule has 8 heteroatoms. The zero-order valence-corrected chi connectivity index (χ0v) is 19.9. The number of carbonyl (C=O) groups excluding carboxylic acids is 3. The molecule has 0 spiro atoms. The van der Waals surface area contributed by atoms with Crippen LogP contribution in [0.25, 0.3) is 0 Å². The minimum Gasteiger partial charge on any atom is -0.462 e. The van der Waals surface area contributed by atoms with E-state index in [1.54, 1.807) is 12.2 Å². The van der Waals surface area contributed by atoms with Crippen molar-refractivity contribution in [2.75, 3.05) is 13.2 Å². The van der Waals surface area contributed by atoms with Crippen molar-refractivity contribution in [3.8, 4) is 0 Å². The highest BCUT2D eigenvalue weighted by Crippen LogP contribution is 2.33. The van der Waals surface area contributed by atoms with Crippen LogP contribution in [0.15, 0.2) is 24.3 Å². The summed E-state index contributed by atoms with van der Waals surface area (Å²) >= 11 is 0. The largest absolute Gasteiger partial charge is 0.462 e. The average Bonchev–Trinajstić information content (AvgIpc) is 3.04. The van der Waals surface area contributed by atoms with E-state index in [4.69, 9.17) is 14.6 Å². The molecule has 33 heavy (non-hydrogen) atoms. The summed E-state index contributed by atoms with van der Waals surface area (Å²) in [4.78, 5) is 34.9. The Balaban J connectivity index is 2.36. The smallest absolute Gasteiger partial charge is 0.305 e. The van der Waals surface area contributed by atoms with Crippen molar-refractivity contribution >= 4 is 17.7 Å². The Hall–Kier alpha value is -2.03. The third-order valence-electron chi connectivity index (χ3n) is 5.67. The van der Waals surface area contributed by atoms with Gasteiger partial charge in [0.05, 0.1) is 18.8 Å². The molecule has 0 aliphatic heterocycles. The molecule has 0 aromatic heterocycles. The van der Waals surface area contributed by atoms with Crippen LogP contribution in [0.2, 0.25) is 0 Å². The van der Waals surface area contributed by atoms with Crippen LogP contribution < -0.4 is 0 Å². The van der Waals surface area contributed by atoms with Crippen molar-refractivity contribution < 1.29 is 39.2 Å². The number of allylic oxidation sites excluding steroid dienone is 3. The molecule has 0 bridgehead atoms. The summed E-state index contributed by atoms with van der Waals surface area (Å²) in [6.07, 6.45) is 11.0. The molecule has 188 valence electrons. The number of carbonyl (C=O) groups is 3. The van der Waals surface area contributed by atoms with Crippen LogP contribution >= 0.6 is 0 Å². The summed E-state index contributed by atoms with van der Waals surface area (Å²) in [7, 11) is 0. The molecule has 0 saturated heterocycles.